The predicted molar refractivity (Wildman–Crippen MR) is 95.7 cm³/mol. The van der Waals surface area contributed by atoms with E-state index in [4.69, 9.17) is 0 Å². The highest BCUT2D eigenvalue weighted by atomic mass is 32.2. The zero-order valence-corrected chi connectivity index (χ0v) is 14.4. The number of nitrogens with one attached hydrogen (secondary N) is 1. The monoisotopic (exact) mass is 373 g/mol. The molecule has 0 amide bonds. The Labute approximate surface area is 147 Å². The highest BCUT2D eigenvalue weighted by Gasteiger charge is 2.18. The Morgan fingerprint density at radius 2 is 1.84 bits per heavy atom. The molecule has 0 saturated heterocycles. The van der Waals surface area contributed by atoms with Crippen LogP contribution in [0.2, 0.25) is 0 Å². The fraction of sp³-hybridized carbons (Fsp3) is 0. The molecule has 8 heteroatoms. The van der Waals surface area contributed by atoms with E-state index in [9.17, 15) is 12.8 Å². The van der Waals surface area contributed by atoms with Crippen molar-refractivity contribution in [1.29, 1.82) is 0 Å². The Morgan fingerprint density at radius 3 is 2.56 bits per heavy atom. The summed E-state index contributed by atoms with van der Waals surface area (Å²) in [5.41, 5.74) is 2.02. The Bertz CT molecular complexity index is 1120. The minimum Gasteiger partial charge on any atom is -0.297 e. The standard InChI is InChI=1S/C17H12FN3O2S2/c18-14-3-1-2-4-16(14)25(22,23)20-13-7-5-12(6-8-13)15-11-21-9-10-24-17(21)19-15/h1-11,20H. The van der Waals surface area contributed by atoms with E-state index in [2.05, 4.69) is 9.71 Å². The first-order valence-electron chi connectivity index (χ1n) is 7.33. The van der Waals surface area contributed by atoms with Crippen molar-refractivity contribution in [2.45, 2.75) is 4.90 Å². The lowest BCUT2D eigenvalue weighted by Gasteiger charge is -2.09. The first-order valence-corrected chi connectivity index (χ1v) is 9.69. The molecule has 0 unspecified atom stereocenters. The summed E-state index contributed by atoms with van der Waals surface area (Å²) in [4.78, 5) is 5.01. The molecule has 0 bridgehead atoms. The average Bonchev–Trinajstić information content (AvgIpc) is 3.17. The molecule has 1 N–H and O–H groups in total. The van der Waals surface area contributed by atoms with E-state index in [0.717, 1.165) is 22.3 Å². The van der Waals surface area contributed by atoms with Gasteiger partial charge in [0.2, 0.25) is 0 Å². The highest BCUT2D eigenvalue weighted by molar-refractivity contribution is 7.92. The largest absolute Gasteiger partial charge is 0.297 e. The van der Waals surface area contributed by atoms with E-state index in [1.165, 1.54) is 29.5 Å². The summed E-state index contributed by atoms with van der Waals surface area (Å²) >= 11 is 1.54. The van der Waals surface area contributed by atoms with Crippen molar-refractivity contribution in [3.63, 3.8) is 0 Å². The van der Waals surface area contributed by atoms with Crippen LogP contribution in [0.25, 0.3) is 16.2 Å². The van der Waals surface area contributed by atoms with Gasteiger partial charge in [-0.2, -0.15) is 0 Å². The summed E-state index contributed by atoms with van der Waals surface area (Å²) in [5, 5.41) is 1.95. The van der Waals surface area contributed by atoms with Crippen LogP contribution in [0.1, 0.15) is 0 Å². The second-order valence-corrected chi connectivity index (χ2v) is 7.86. The Kier molecular flexibility index (Phi) is 3.78. The van der Waals surface area contributed by atoms with Gasteiger partial charge < -0.3 is 0 Å². The zero-order chi connectivity index (χ0) is 17.4. The van der Waals surface area contributed by atoms with Gasteiger partial charge >= 0.3 is 0 Å². The van der Waals surface area contributed by atoms with E-state index >= 15 is 0 Å². The van der Waals surface area contributed by atoms with Crippen LogP contribution >= 0.6 is 11.3 Å². The third-order valence-electron chi connectivity index (χ3n) is 3.65. The fourth-order valence-corrected chi connectivity index (χ4v) is 4.29. The normalized spacial score (nSPS) is 11.7. The summed E-state index contributed by atoms with van der Waals surface area (Å²) in [6, 6.07) is 12.1. The summed E-state index contributed by atoms with van der Waals surface area (Å²) in [6.07, 6.45) is 3.83. The molecule has 0 aliphatic rings. The molecule has 0 radical (unpaired) electrons. The van der Waals surface area contributed by atoms with Crippen molar-refractivity contribution in [2.24, 2.45) is 0 Å². The third kappa shape index (κ3) is 3.01. The van der Waals surface area contributed by atoms with Gasteiger partial charge in [-0.1, -0.05) is 24.3 Å². The summed E-state index contributed by atoms with van der Waals surface area (Å²) in [6.45, 7) is 0. The SMILES string of the molecule is O=S(=O)(Nc1ccc(-c2cn3ccsc3n2)cc1)c1ccccc1F. The molecule has 2 heterocycles. The second-order valence-electron chi connectivity index (χ2n) is 5.33. The number of hydrogen-bond acceptors (Lipinski definition) is 4. The van der Waals surface area contributed by atoms with Gasteiger partial charge in [0.15, 0.2) is 4.96 Å². The Balaban J connectivity index is 1.60. The number of aromatic nitrogens is 2. The first kappa shape index (κ1) is 15.8. The van der Waals surface area contributed by atoms with Crippen LogP contribution in [-0.2, 0) is 10.0 Å². The topological polar surface area (TPSA) is 63.5 Å². The van der Waals surface area contributed by atoms with Crippen LogP contribution in [0.3, 0.4) is 0 Å². The molecule has 0 aliphatic carbocycles. The molecule has 4 aromatic rings. The molecule has 0 atom stereocenters. The summed E-state index contributed by atoms with van der Waals surface area (Å²) < 4.78 is 42.6. The smallest absolute Gasteiger partial charge is 0.264 e. The van der Waals surface area contributed by atoms with Crippen molar-refractivity contribution in [3.8, 4) is 11.3 Å². The molecule has 0 aliphatic heterocycles. The maximum atomic E-state index is 13.7. The molecule has 126 valence electrons. The van der Waals surface area contributed by atoms with E-state index in [-0.39, 0.29) is 4.90 Å². The van der Waals surface area contributed by atoms with Crippen LogP contribution in [0.5, 0.6) is 0 Å². The summed E-state index contributed by atoms with van der Waals surface area (Å²) in [7, 11) is -3.98. The first-order chi connectivity index (χ1) is 12.0. The minimum atomic E-state index is -3.98. The van der Waals surface area contributed by atoms with Gasteiger partial charge in [0.05, 0.1) is 5.69 Å². The van der Waals surface area contributed by atoms with Gasteiger partial charge in [0.25, 0.3) is 10.0 Å². The van der Waals surface area contributed by atoms with Crippen molar-refractivity contribution < 1.29 is 12.8 Å². The number of imidazole rings is 1. The van der Waals surface area contributed by atoms with Crippen molar-refractivity contribution in [2.75, 3.05) is 4.72 Å². The average molecular weight is 373 g/mol. The third-order valence-corrected chi connectivity index (χ3v) is 5.84. The molecule has 2 aromatic heterocycles. The molecule has 0 spiro atoms. The van der Waals surface area contributed by atoms with E-state index in [1.54, 1.807) is 24.3 Å². The van der Waals surface area contributed by atoms with Gasteiger partial charge in [-0.05, 0) is 24.3 Å². The molecular weight excluding hydrogens is 361 g/mol. The number of thiazole rings is 1. The molecule has 0 fully saturated rings. The predicted octanol–water partition coefficient (Wildman–Crippen LogP) is 4.00. The Hall–Kier alpha value is -2.71. The number of nitrogens with zero attached hydrogens (tertiary/aromatic N) is 2. The fourth-order valence-electron chi connectivity index (χ4n) is 2.45. The number of sulfonamides is 1. The quantitative estimate of drug-likeness (QED) is 0.588. The van der Waals surface area contributed by atoms with Crippen molar-refractivity contribution >= 4 is 32.0 Å². The number of benzene rings is 2. The highest BCUT2D eigenvalue weighted by Crippen LogP contribution is 2.24. The van der Waals surface area contributed by atoms with Crippen molar-refractivity contribution in [3.05, 3.63) is 72.1 Å². The van der Waals surface area contributed by atoms with Gasteiger partial charge in [0, 0.05) is 29.0 Å². The lowest BCUT2D eigenvalue weighted by molar-refractivity contribution is 0.570. The molecule has 5 nitrogen and oxygen atoms in total. The van der Waals surface area contributed by atoms with Gasteiger partial charge in [-0.15, -0.1) is 11.3 Å². The lowest BCUT2D eigenvalue weighted by Crippen LogP contribution is -2.14. The maximum Gasteiger partial charge on any atom is 0.264 e. The molecule has 25 heavy (non-hydrogen) atoms. The molecule has 4 rings (SSSR count). The van der Waals surface area contributed by atoms with Crippen LogP contribution in [-0.4, -0.2) is 17.8 Å². The summed E-state index contributed by atoms with van der Waals surface area (Å²) in [5.74, 6) is -0.787. The lowest BCUT2D eigenvalue weighted by atomic mass is 10.1. The number of hydrogen-bond donors (Lipinski definition) is 1. The van der Waals surface area contributed by atoms with Crippen LogP contribution in [0.4, 0.5) is 10.1 Å². The number of anilines is 1. The number of halogens is 1. The van der Waals surface area contributed by atoms with Gasteiger partial charge in [-0.25, -0.2) is 17.8 Å². The molecule has 2 aromatic carbocycles. The van der Waals surface area contributed by atoms with E-state index in [1.807, 2.05) is 22.2 Å². The van der Waals surface area contributed by atoms with E-state index in [0.29, 0.717) is 5.69 Å². The van der Waals surface area contributed by atoms with Gasteiger partial charge in [0.1, 0.15) is 10.7 Å². The molecule has 0 saturated carbocycles. The second kappa shape index (κ2) is 5.98. The number of rotatable bonds is 4. The Morgan fingerprint density at radius 1 is 1.08 bits per heavy atom. The minimum absolute atomic E-state index is 0.355. The maximum absolute atomic E-state index is 13.7. The van der Waals surface area contributed by atoms with Gasteiger partial charge in [-0.3, -0.25) is 9.12 Å². The van der Waals surface area contributed by atoms with Crippen LogP contribution in [0.15, 0.2) is 71.2 Å². The number of fused-ring (bicyclic) bond motifs is 1. The zero-order valence-electron chi connectivity index (χ0n) is 12.8. The van der Waals surface area contributed by atoms with Crippen LogP contribution in [0, 0.1) is 5.82 Å². The van der Waals surface area contributed by atoms with Crippen molar-refractivity contribution in [1.82, 2.24) is 9.38 Å². The van der Waals surface area contributed by atoms with E-state index < -0.39 is 15.8 Å². The van der Waals surface area contributed by atoms with Crippen LogP contribution < -0.4 is 4.72 Å². The molecular formula is C17H12FN3O2S2.